The number of alkyl halides is 6. The first-order valence-electron chi connectivity index (χ1n) is 13.1. The molecule has 2 bridgehead atoms. The zero-order chi connectivity index (χ0) is 28.2. The van der Waals surface area contributed by atoms with Gasteiger partial charge in [0.15, 0.2) is 6.10 Å². The molecular weight excluding hydrogens is 534 g/mol. The third kappa shape index (κ3) is 5.32. The Labute approximate surface area is 221 Å². The Morgan fingerprint density at radius 3 is 2.64 bits per heavy atom. The van der Waals surface area contributed by atoms with Crippen molar-refractivity contribution in [1.82, 2.24) is 15.2 Å². The van der Waals surface area contributed by atoms with E-state index in [0.717, 1.165) is 18.3 Å². The number of aromatic nitrogens is 1. The zero-order valence-corrected chi connectivity index (χ0v) is 21.3. The predicted octanol–water partition coefficient (Wildman–Crippen LogP) is 2.75. The van der Waals surface area contributed by atoms with Crippen molar-refractivity contribution in [2.75, 3.05) is 38.3 Å². The first kappa shape index (κ1) is 28.4. The van der Waals surface area contributed by atoms with E-state index in [0.29, 0.717) is 26.1 Å². The number of carbonyl (C=O) groups excluding carboxylic acids is 1. The minimum absolute atomic E-state index is 0.0531. The molecule has 1 aromatic rings. The van der Waals surface area contributed by atoms with Gasteiger partial charge in [0.25, 0.3) is 0 Å². The first-order chi connectivity index (χ1) is 18.3. The molecule has 1 amide bonds. The molecule has 0 spiro atoms. The fraction of sp³-hybridized carbons (Fsp3) is 0.760. The summed E-state index contributed by atoms with van der Waals surface area (Å²) in [5, 5.41) is 13.9. The highest BCUT2D eigenvalue weighted by Crippen LogP contribution is 2.50. The van der Waals surface area contributed by atoms with Crippen LogP contribution < -0.4 is 10.2 Å². The van der Waals surface area contributed by atoms with Gasteiger partial charge < -0.3 is 29.7 Å². The highest BCUT2D eigenvalue weighted by molar-refractivity contribution is 5.85. The topological polar surface area (TPSA) is 87.2 Å². The number of hydrogen-bond donors (Lipinski definition) is 2. The zero-order valence-electron chi connectivity index (χ0n) is 21.3. The van der Waals surface area contributed by atoms with Crippen LogP contribution in [0.4, 0.5) is 32.2 Å². The van der Waals surface area contributed by atoms with Crippen LogP contribution in [0.25, 0.3) is 0 Å². The first-order valence-corrected chi connectivity index (χ1v) is 13.1. The number of hydrogen-bond acceptors (Lipinski definition) is 7. The summed E-state index contributed by atoms with van der Waals surface area (Å²) in [6.07, 6.45) is -10.6. The van der Waals surface area contributed by atoms with Gasteiger partial charge in [-0.3, -0.25) is 4.79 Å². The van der Waals surface area contributed by atoms with E-state index in [9.17, 15) is 36.2 Å². The third-order valence-corrected chi connectivity index (χ3v) is 8.73. The van der Waals surface area contributed by atoms with Crippen LogP contribution in [0.3, 0.4) is 0 Å². The summed E-state index contributed by atoms with van der Waals surface area (Å²) in [6, 6.07) is 0.358. The number of methoxy groups -OCH3 is 1. The average molecular weight is 567 g/mol. The Balaban J connectivity index is 1.32. The Morgan fingerprint density at radius 2 is 2.00 bits per heavy atom. The van der Waals surface area contributed by atoms with Crippen LogP contribution >= 0.6 is 0 Å². The number of halogens is 6. The number of anilines is 1. The SMILES string of the molecule is CO[C@@H]1COCC[C@@H]1N[C@@H]1CC[C@@](C(=O)N2C[C@H]3C[C@@H]2CN3c2cc(C(F)(F)F)ccn2)(C(O)C(F)(F)F)C1. The highest BCUT2D eigenvalue weighted by atomic mass is 19.4. The van der Waals surface area contributed by atoms with E-state index < -0.39 is 47.4 Å². The van der Waals surface area contributed by atoms with Crippen LogP contribution in [0, 0.1) is 5.41 Å². The maximum absolute atomic E-state index is 13.9. The molecule has 1 saturated carbocycles. The standard InChI is InChI=1S/C25H32F6N4O4/c1-38-19-13-39-7-4-18(19)33-15-2-5-23(10-15,21(36)25(29,30)31)22(37)35-12-16-9-17(35)11-34(16)20-8-14(3-6-32-20)24(26,27)28/h3,6,8,15-19,21,33,36H,2,4-5,7,9-13H2,1H3/t15-,16-,17-,18+,19-,21?,23+/m1/s1. The molecule has 4 aliphatic rings. The number of carbonyl (C=O) groups is 1. The van der Waals surface area contributed by atoms with Gasteiger partial charge in [0.1, 0.15) is 5.82 Å². The molecule has 7 atom stereocenters. The van der Waals surface area contributed by atoms with Gasteiger partial charge in [-0.2, -0.15) is 26.3 Å². The lowest BCUT2D eigenvalue weighted by atomic mass is 9.77. The molecular formula is C25H32F6N4O4. The lowest BCUT2D eigenvalue weighted by Crippen LogP contribution is -2.59. The highest BCUT2D eigenvalue weighted by Gasteiger charge is 2.62. The molecule has 3 aliphatic heterocycles. The molecule has 14 heteroatoms. The molecule has 0 radical (unpaired) electrons. The lowest BCUT2D eigenvalue weighted by molar-refractivity contribution is -0.240. The number of pyridine rings is 1. The molecule has 1 unspecified atom stereocenters. The molecule has 1 aliphatic carbocycles. The summed E-state index contributed by atoms with van der Waals surface area (Å²) in [6.45, 7) is 1.04. The van der Waals surface area contributed by atoms with Gasteiger partial charge in [-0.1, -0.05) is 0 Å². The second kappa shape index (κ2) is 10.3. The van der Waals surface area contributed by atoms with E-state index in [1.807, 2.05) is 0 Å². The molecule has 2 N–H and O–H groups in total. The number of rotatable bonds is 6. The number of amides is 1. The summed E-state index contributed by atoms with van der Waals surface area (Å²) in [4.78, 5) is 21.0. The monoisotopic (exact) mass is 566 g/mol. The number of aliphatic hydroxyl groups excluding tert-OH is 1. The largest absolute Gasteiger partial charge is 0.416 e. The maximum atomic E-state index is 13.9. The fourth-order valence-electron chi connectivity index (χ4n) is 6.76. The molecule has 218 valence electrons. The van der Waals surface area contributed by atoms with Crippen molar-refractivity contribution in [3.05, 3.63) is 23.9 Å². The van der Waals surface area contributed by atoms with E-state index >= 15 is 0 Å². The fourth-order valence-corrected chi connectivity index (χ4v) is 6.76. The summed E-state index contributed by atoms with van der Waals surface area (Å²) >= 11 is 0. The molecule has 39 heavy (non-hydrogen) atoms. The number of likely N-dealkylation sites (tertiary alicyclic amines) is 1. The normalized spacial score (nSPS) is 34.1. The lowest BCUT2D eigenvalue weighted by Gasteiger charge is -2.42. The van der Waals surface area contributed by atoms with Crippen LogP contribution in [-0.2, 0) is 20.4 Å². The van der Waals surface area contributed by atoms with Gasteiger partial charge in [-0.25, -0.2) is 4.98 Å². The Bertz CT molecular complexity index is 1060. The van der Waals surface area contributed by atoms with E-state index in [1.54, 1.807) is 4.90 Å². The van der Waals surface area contributed by atoms with Crippen molar-refractivity contribution in [3.63, 3.8) is 0 Å². The predicted molar refractivity (Wildman–Crippen MR) is 126 cm³/mol. The molecule has 3 saturated heterocycles. The van der Waals surface area contributed by atoms with Crippen LogP contribution in [-0.4, -0.2) is 96.9 Å². The smallest absolute Gasteiger partial charge is 0.383 e. The third-order valence-electron chi connectivity index (χ3n) is 8.73. The number of fused-ring (bicyclic) bond motifs is 2. The Hall–Kier alpha value is -2.16. The molecule has 4 fully saturated rings. The summed E-state index contributed by atoms with van der Waals surface area (Å²) in [5.74, 6) is -0.639. The number of aliphatic hydroxyl groups is 1. The minimum atomic E-state index is -5.00. The van der Waals surface area contributed by atoms with Crippen molar-refractivity contribution in [1.29, 1.82) is 0 Å². The number of nitrogens with zero attached hydrogens (tertiary/aromatic N) is 3. The second-order valence-corrected chi connectivity index (χ2v) is 11.0. The van der Waals surface area contributed by atoms with Gasteiger partial charge in [-0.05, 0) is 44.2 Å². The number of piperazine rings is 1. The van der Waals surface area contributed by atoms with Crippen molar-refractivity contribution in [2.45, 2.75) is 80.8 Å². The average Bonchev–Trinajstić information content (AvgIpc) is 3.62. The minimum Gasteiger partial charge on any atom is -0.383 e. The Morgan fingerprint density at radius 1 is 1.23 bits per heavy atom. The van der Waals surface area contributed by atoms with Gasteiger partial charge in [0.05, 0.1) is 35.8 Å². The molecule has 8 nitrogen and oxygen atoms in total. The number of ether oxygens (including phenoxy) is 2. The summed E-state index contributed by atoms with van der Waals surface area (Å²) in [7, 11) is 1.53. The van der Waals surface area contributed by atoms with Crippen LogP contribution in [0.5, 0.6) is 0 Å². The molecule has 1 aromatic heterocycles. The number of nitrogens with one attached hydrogen (secondary N) is 1. The molecule has 4 heterocycles. The van der Waals surface area contributed by atoms with Gasteiger partial charge in [0, 0.05) is 45.1 Å². The van der Waals surface area contributed by atoms with E-state index in [-0.39, 0.29) is 56.4 Å². The van der Waals surface area contributed by atoms with Gasteiger partial charge in [0.2, 0.25) is 5.91 Å². The summed E-state index contributed by atoms with van der Waals surface area (Å²) < 4.78 is 92.2. The quantitative estimate of drug-likeness (QED) is 0.513. The van der Waals surface area contributed by atoms with Gasteiger partial charge in [-0.15, -0.1) is 0 Å². The second-order valence-electron chi connectivity index (χ2n) is 11.0. The van der Waals surface area contributed by atoms with Crippen molar-refractivity contribution in [2.24, 2.45) is 5.41 Å². The van der Waals surface area contributed by atoms with E-state index in [2.05, 4.69) is 10.3 Å². The molecule has 0 aromatic carbocycles. The van der Waals surface area contributed by atoms with Gasteiger partial charge >= 0.3 is 12.4 Å². The van der Waals surface area contributed by atoms with E-state index in [4.69, 9.17) is 9.47 Å². The van der Waals surface area contributed by atoms with Crippen LogP contribution in [0.1, 0.15) is 37.7 Å². The van der Waals surface area contributed by atoms with E-state index in [1.165, 1.54) is 12.0 Å². The summed E-state index contributed by atoms with van der Waals surface area (Å²) in [5.41, 5.74) is -2.90. The Kier molecular flexibility index (Phi) is 7.53. The van der Waals surface area contributed by atoms with Crippen molar-refractivity contribution >= 4 is 11.7 Å². The van der Waals surface area contributed by atoms with Crippen LogP contribution in [0.15, 0.2) is 18.3 Å². The molecule has 5 rings (SSSR count). The maximum Gasteiger partial charge on any atom is 0.416 e. The van der Waals surface area contributed by atoms with Crippen molar-refractivity contribution in [3.8, 4) is 0 Å². The van der Waals surface area contributed by atoms with Crippen LogP contribution in [0.2, 0.25) is 0 Å². The van der Waals surface area contributed by atoms with Crippen molar-refractivity contribution < 1.29 is 45.7 Å².